The van der Waals surface area contributed by atoms with Crippen molar-refractivity contribution < 1.29 is 0 Å². The maximum absolute atomic E-state index is 12.8. The van der Waals surface area contributed by atoms with Crippen LogP contribution in [-0.4, -0.2) is 19.7 Å². The average molecular weight is 480 g/mol. The van der Waals surface area contributed by atoms with Crippen molar-refractivity contribution in [1.82, 2.24) is 19.7 Å². The van der Waals surface area contributed by atoms with Crippen molar-refractivity contribution in [2.45, 2.75) is 6.92 Å². The zero-order valence-corrected chi connectivity index (χ0v) is 20.0. The molecule has 0 amide bonds. The molecule has 0 bridgehead atoms. The molecule has 0 saturated carbocycles. The molecule has 2 heterocycles. The van der Waals surface area contributed by atoms with Crippen LogP contribution in [0.5, 0.6) is 0 Å². The molecule has 6 nitrogen and oxygen atoms in total. The van der Waals surface area contributed by atoms with E-state index in [4.69, 9.17) is 5.10 Å². The molecular formula is C31H21N5O. The Balaban J connectivity index is 1.58. The molecule has 0 aliphatic carbocycles. The number of nitrogens with one attached hydrogen (secondary N) is 1. The number of aromatic amines is 1. The lowest BCUT2D eigenvalue weighted by molar-refractivity contribution is 0.884. The predicted molar refractivity (Wildman–Crippen MR) is 147 cm³/mol. The summed E-state index contributed by atoms with van der Waals surface area (Å²) < 4.78 is 1.80. The van der Waals surface area contributed by atoms with Gasteiger partial charge in [0.25, 0.3) is 5.56 Å². The Labute approximate surface area is 212 Å². The summed E-state index contributed by atoms with van der Waals surface area (Å²) in [6.45, 7) is 1.94. The van der Waals surface area contributed by atoms with E-state index in [-0.39, 0.29) is 17.0 Å². The zero-order chi connectivity index (χ0) is 25.4. The highest BCUT2D eigenvalue weighted by Gasteiger charge is 2.16. The third-order valence-corrected chi connectivity index (χ3v) is 6.35. The standard InChI is InChI=1S/C31H21N5O/c1-20-14-15-27-28(16-20)33-30(34-31(27)37)22(18-32)17-23-19-36(24-10-3-2-4-11-24)35-29(23)26-13-7-9-21-8-5-6-12-25(21)26/h2-17,19H,1H3,(H,33,34,37). The summed E-state index contributed by atoms with van der Waals surface area (Å²) in [4.78, 5) is 20.2. The highest BCUT2D eigenvalue weighted by molar-refractivity contribution is 5.99. The van der Waals surface area contributed by atoms with Gasteiger partial charge in [-0.2, -0.15) is 10.4 Å². The number of hydrogen-bond donors (Lipinski definition) is 1. The summed E-state index contributed by atoms with van der Waals surface area (Å²) in [5.41, 5.74) is 4.82. The van der Waals surface area contributed by atoms with Crippen LogP contribution in [0.4, 0.5) is 0 Å². The van der Waals surface area contributed by atoms with Crippen molar-refractivity contribution in [2.75, 3.05) is 0 Å². The Morgan fingerprint density at radius 2 is 1.73 bits per heavy atom. The molecule has 6 heteroatoms. The molecule has 6 aromatic rings. The lowest BCUT2D eigenvalue weighted by Crippen LogP contribution is -2.11. The van der Waals surface area contributed by atoms with Crippen LogP contribution in [0.3, 0.4) is 0 Å². The fraction of sp³-hybridized carbons (Fsp3) is 0.0323. The highest BCUT2D eigenvalue weighted by atomic mass is 16.1. The van der Waals surface area contributed by atoms with E-state index in [0.717, 1.165) is 38.8 Å². The van der Waals surface area contributed by atoms with Gasteiger partial charge >= 0.3 is 0 Å². The van der Waals surface area contributed by atoms with Gasteiger partial charge in [-0.15, -0.1) is 0 Å². The summed E-state index contributed by atoms with van der Waals surface area (Å²) in [5, 5.41) is 17.7. The van der Waals surface area contributed by atoms with Crippen LogP contribution in [0, 0.1) is 18.3 Å². The zero-order valence-electron chi connectivity index (χ0n) is 20.0. The lowest BCUT2D eigenvalue weighted by atomic mass is 9.99. The molecule has 4 aromatic carbocycles. The number of nitriles is 1. The highest BCUT2D eigenvalue weighted by Crippen LogP contribution is 2.32. The number of benzene rings is 4. The van der Waals surface area contributed by atoms with Crippen LogP contribution in [0.2, 0.25) is 0 Å². The summed E-state index contributed by atoms with van der Waals surface area (Å²) >= 11 is 0. The fourth-order valence-corrected chi connectivity index (χ4v) is 4.53. The maximum atomic E-state index is 12.8. The van der Waals surface area contributed by atoms with Gasteiger partial charge in [-0.1, -0.05) is 66.7 Å². The fourth-order valence-electron chi connectivity index (χ4n) is 4.53. The molecule has 0 saturated heterocycles. The number of aryl methyl sites for hydroxylation is 1. The normalized spacial score (nSPS) is 11.6. The van der Waals surface area contributed by atoms with Crippen LogP contribution in [0.25, 0.3) is 50.3 Å². The Morgan fingerprint density at radius 3 is 2.57 bits per heavy atom. The van der Waals surface area contributed by atoms with Gasteiger partial charge in [0, 0.05) is 17.3 Å². The minimum Gasteiger partial charge on any atom is -0.305 e. The SMILES string of the molecule is Cc1ccc2c(=O)[nH]c(C(C#N)=Cc3cn(-c4ccccc4)nc3-c3cccc4ccccc34)nc2c1. The van der Waals surface area contributed by atoms with Crippen molar-refractivity contribution >= 4 is 33.3 Å². The first-order chi connectivity index (χ1) is 18.1. The number of fused-ring (bicyclic) bond motifs is 2. The van der Waals surface area contributed by atoms with Gasteiger partial charge in [-0.25, -0.2) is 9.67 Å². The van der Waals surface area contributed by atoms with Gasteiger partial charge in [-0.3, -0.25) is 4.79 Å². The Bertz CT molecular complexity index is 1920. The Morgan fingerprint density at radius 1 is 0.946 bits per heavy atom. The van der Waals surface area contributed by atoms with Crippen LogP contribution in [-0.2, 0) is 0 Å². The van der Waals surface area contributed by atoms with Crippen molar-refractivity contribution in [3.05, 3.63) is 124 Å². The summed E-state index contributed by atoms with van der Waals surface area (Å²) in [7, 11) is 0. The van der Waals surface area contributed by atoms with Crippen LogP contribution < -0.4 is 5.56 Å². The van der Waals surface area contributed by atoms with Crippen molar-refractivity contribution in [1.29, 1.82) is 5.26 Å². The molecule has 0 aliphatic heterocycles. The smallest absolute Gasteiger partial charge is 0.259 e. The molecule has 1 N–H and O–H groups in total. The molecule has 0 unspecified atom stereocenters. The third kappa shape index (κ3) is 4.09. The molecule has 0 spiro atoms. The topological polar surface area (TPSA) is 87.4 Å². The van der Waals surface area contributed by atoms with Crippen LogP contribution in [0.15, 0.2) is 102 Å². The second-order valence-corrected chi connectivity index (χ2v) is 8.84. The number of nitrogens with zero attached hydrogens (tertiary/aromatic N) is 4. The van der Waals surface area contributed by atoms with Gasteiger partial charge in [0.15, 0.2) is 5.82 Å². The molecule has 0 atom stereocenters. The molecule has 0 radical (unpaired) electrons. The monoisotopic (exact) mass is 479 g/mol. The quantitative estimate of drug-likeness (QED) is 0.301. The number of hydrogen-bond acceptors (Lipinski definition) is 4. The number of rotatable bonds is 4. The van der Waals surface area contributed by atoms with Gasteiger partial charge in [-0.05, 0) is 53.6 Å². The molecule has 6 rings (SSSR count). The molecule has 0 fully saturated rings. The largest absolute Gasteiger partial charge is 0.305 e. The second-order valence-electron chi connectivity index (χ2n) is 8.84. The molecule has 2 aromatic heterocycles. The lowest BCUT2D eigenvalue weighted by Gasteiger charge is -2.06. The average Bonchev–Trinajstić information content (AvgIpc) is 3.35. The molecule has 176 valence electrons. The predicted octanol–water partition coefficient (Wildman–Crippen LogP) is 6.30. The van der Waals surface area contributed by atoms with E-state index in [9.17, 15) is 10.1 Å². The van der Waals surface area contributed by atoms with Crippen molar-refractivity contribution in [3.63, 3.8) is 0 Å². The van der Waals surface area contributed by atoms with Crippen LogP contribution >= 0.6 is 0 Å². The summed E-state index contributed by atoms with van der Waals surface area (Å²) in [5.74, 6) is 0.224. The van der Waals surface area contributed by atoms with Gasteiger partial charge in [0.05, 0.1) is 22.2 Å². The minimum atomic E-state index is -0.282. The number of para-hydroxylation sites is 1. The minimum absolute atomic E-state index is 0.224. The first kappa shape index (κ1) is 22.2. The van der Waals surface area contributed by atoms with Crippen molar-refractivity contribution in [3.8, 4) is 23.0 Å². The molecule has 37 heavy (non-hydrogen) atoms. The van der Waals surface area contributed by atoms with E-state index in [1.807, 2.05) is 79.9 Å². The summed E-state index contributed by atoms with van der Waals surface area (Å²) in [6.07, 6.45) is 3.64. The van der Waals surface area contributed by atoms with E-state index in [2.05, 4.69) is 34.2 Å². The second kappa shape index (κ2) is 9.06. The van der Waals surface area contributed by atoms with Crippen molar-refractivity contribution in [2.24, 2.45) is 0 Å². The van der Waals surface area contributed by atoms with Crippen LogP contribution in [0.1, 0.15) is 17.0 Å². The van der Waals surface area contributed by atoms with E-state index < -0.39 is 0 Å². The summed E-state index contributed by atoms with van der Waals surface area (Å²) in [6, 6.07) is 31.7. The number of H-pyrrole nitrogens is 1. The maximum Gasteiger partial charge on any atom is 0.259 e. The number of allylic oxidation sites excluding steroid dienone is 1. The first-order valence-corrected chi connectivity index (χ1v) is 11.9. The van der Waals surface area contributed by atoms with E-state index in [1.54, 1.807) is 16.8 Å². The molecule has 0 aliphatic rings. The van der Waals surface area contributed by atoms with Gasteiger partial charge in [0.1, 0.15) is 11.8 Å². The van der Waals surface area contributed by atoms with E-state index >= 15 is 0 Å². The van der Waals surface area contributed by atoms with Gasteiger partial charge in [0.2, 0.25) is 0 Å². The first-order valence-electron chi connectivity index (χ1n) is 11.9. The molecular weight excluding hydrogens is 458 g/mol. The number of aromatic nitrogens is 4. The van der Waals surface area contributed by atoms with E-state index in [0.29, 0.717) is 10.9 Å². The Kier molecular flexibility index (Phi) is 5.44. The third-order valence-electron chi connectivity index (χ3n) is 6.35. The Hall–Kier alpha value is -5.28. The van der Waals surface area contributed by atoms with E-state index in [1.165, 1.54) is 0 Å². The van der Waals surface area contributed by atoms with Gasteiger partial charge < -0.3 is 4.98 Å².